The molecule has 0 fully saturated rings. The predicted octanol–water partition coefficient (Wildman–Crippen LogP) is 3.98. The number of nitrogens with zero attached hydrogens (tertiary/aromatic N) is 1. The number of benzene rings is 1. The summed E-state index contributed by atoms with van der Waals surface area (Å²) in [5, 5.41) is 10.0. The van der Waals surface area contributed by atoms with Crippen LogP contribution in [0.25, 0.3) is 0 Å². The standard InChI is InChI=1S/C13H11Cl2NO2/c1-8-2-3-10(14)12(4-8)18-13-5-9(7-17)11(15)6-16-13/h2-6,17H,7H2,1H3. The van der Waals surface area contributed by atoms with E-state index < -0.39 is 0 Å². The Bertz CT molecular complexity index is 573. The van der Waals surface area contributed by atoms with Crippen molar-refractivity contribution in [3.05, 3.63) is 51.6 Å². The molecule has 0 amide bonds. The summed E-state index contributed by atoms with van der Waals surface area (Å²) in [6, 6.07) is 7.05. The van der Waals surface area contributed by atoms with Crippen molar-refractivity contribution in [1.82, 2.24) is 4.98 Å². The van der Waals surface area contributed by atoms with Crippen LogP contribution in [0.15, 0.2) is 30.5 Å². The van der Waals surface area contributed by atoms with Gasteiger partial charge in [0, 0.05) is 17.8 Å². The van der Waals surface area contributed by atoms with Crippen LogP contribution in [0.1, 0.15) is 11.1 Å². The van der Waals surface area contributed by atoms with Gasteiger partial charge >= 0.3 is 0 Å². The molecule has 0 saturated heterocycles. The zero-order valence-electron chi connectivity index (χ0n) is 9.65. The van der Waals surface area contributed by atoms with Crippen LogP contribution in [-0.4, -0.2) is 10.1 Å². The summed E-state index contributed by atoms with van der Waals surface area (Å²) in [6.07, 6.45) is 1.44. The van der Waals surface area contributed by atoms with Gasteiger partial charge in [0.25, 0.3) is 0 Å². The van der Waals surface area contributed by atoms with Crippen molar-refractivity contribution in [2.45, 2.75) is 13.5 Å². The molecule has 18 heavy (non-hydrogen) atoms. The fraction of sp³-hybridized carbons (Fsp3) is 0.154. The largest absolute Gasteiger partial charge is 0.437 e. The van der Waals surface area contributed by atoms with Gasteiger partial charge in [0.05, 0.1) is 16.7 Å². The monoisotopic (exact) mass is 283 g/mol. The molecule has 0 spiro atoms. The van der Waals surface area contributed by atoms with Crippen molar-refractivity contribution in [3.8, 4) is 11.6 Å². The molecule has 2 aromatic rings. The summed E-state index contributed by atoms with van der Waals surface area (Å²) in [7, 11) is 0. The molecule has 94 valence electrons. The highest BCUT2D eigenvalue weighted by Crippen LogP contribution is 2.30. The van der Waals surface area contributed by atoms with E-state index in [1.54, 1.807) is 12.1 Å². The van der Waals surface area contributed by atoms with Crippen LogP contribution in [0.3, 0.4) is 0 Å². The zero-order valence-corrected chi connectivity index (χ0v) is 11.2. The second kappa shape index (κ2) is 5.57. The third kappa shape index (κ3) is 2.93. The quantitative estimate of drug-likeness (QED) is 0.926. The van der Waals surface area contributed by atoms with Crippen LogP contribution in [0.4, 0.5) is 0 Å². The van der Waals surface area contributed by atoms with Crippen molar-refractivity contribution in [2.24, 2.45) is 0 Å². The minimum absolute atomic E-state index is 0.167. The van der Waals surface area contributed by atoms with E-state index in [4.69, 9.17) is 33.0 Å². The maximum Gasteiger partial charge on any atom is 0.219 e. The van der Waals surface area contributed by atoms with E-state index in [1.165, 1.54) is 6.20 Å². The van der Waals surface area contributed by atoms with Gasteiger partial charge in [-0.15, -0.1) is 0 Å². The lowest BCUT2D eigenvalue weighted by molar-refractivity contribution is 0.281. The fourth-order valence-corrected chi connectivity index (χ4v) is 1.76. The van der Waals surface area contributed by atoms with E-state index in [0.717, 1.165) is 5.56 Å². The summed E-state index contributed by atoms with van der Waals surface area (Å²) < 4.78 is 5.57. The van der Waals surface area contributed by atoms with E-state index in [-0.39, 0.29) is 6.61 Å². The summed E-state index contributed by atoms with van der Waals surface area (Å²) in [6.45, 7) is 1.77. The van der Waals surface area contributed by atoms with Crippen molar-refractivity contribution >= 4 is 23.2 Å². The Morgan fingerprint density at radius 2 is 2.00 bits per heavy atom. The number of hydrogen-bond donors (Lipinski definition) is 1. The molecule has 0 saturated carbocycles. The maximum absolute atomic E-state index is 9.11. The van der Waals surface area contributed by atoms with Gasteiger partial charge in [-0.25, -0.2) is 4.98 Å². The number of aryl methyl sites for hydroxylation is 1. The van der Waals surface area contributed by atoms with Crippen LogP contribution in [0.2, 0.25) is 10.0 Å². The normalized spacial score (nSPS) is 10.4. The molecule has 0 aliphatic rings. The van der Waals surface area contributed by atoms with E-state index >= 15 is 0 Å². The molecule has 0 atom stereocenters. The van der Waals surface area contributed by atoms with Crippen LogP contribution < -0.4 is 4.74 Å². The molecule has 0 aliphatic heterocycles. The molecule has 0 aliphatic carbocycles. The summed E-state index contributed by atoms with van der Waals surface area (Å²) in [4.78, 5) is 4.03. The Kier molecular flexibility index (Phi) is 4.07. The number of ether oxygens (including phenoxy) is 1. The third-order valence-electron chi connectivity index (χ3n) is 2.38. The molecule has 5 heteroatoms. The van der Waals surface area contributed by atoms with Crippen molar-refractivity contribution < 1.29 is 9.84 Å². The topological polar surface area (TPSA) is 42.4 Å². The first-order valence-electron chi connectivity index (χ1n) is 5.29. The Hall–Kier alpha value is -1.29. The van der Waals surface area contributed by atoms with Crippen molar-refractivity contribution in [2.75, 3.05) is 0 Å². The van der Waals surface area contributed by atoms with Crippen LogP contribution in [0, 0.1) is 6.92 Å². The average Bonchev–Trinajstić information content (AvgIpc) is 2.36. The van der Waals surface area contributed by atoms with Gasteiger partial charge in [-0.05, 0) is 24.6 Å². The first-order valence-corrected chi connectivity index (χ1v) is 6.05. The highest BCUT2D eigenvalue weighted by Gasteiger charge is 2.07. The molecule has 2 rings (SSSR count). The van der Waals surface area contributed by atoms with Crippen LogP contribution in [0.5, 0.6) is 11.6 Å². The summed E-state index contributed by atoms with van der Waals surface area (Å²) in [5.74, 6) is 0.867. The zero-order chi connectivity index (χ0) is 13.1. The van der Waals surface area contributed by atoms with Gasteiger partial charge in [-0.2, -0.15) is 0 Å². The number of halogens is 2. The van der Waals surface area contributed by atoms with Gasteiger partial charge in [-0.3, -0.25) is 0 Å². The van der Waals surface area contributed by atoms with Crippen molar-refractivity contribution in [1.29, 1.82) is 0 Å². The minimum Gasteiger partial charge on any atom is -0.437 e. The highest BCUT2D eigenvalue weighted by atomic mass is 35.5. The highest BCUT2D eigenvalue weighted by molar-refractivity contribution is 6.32. The van der Waals surface area contributed by atoms with E-state index in [2.05, 4.69) is 4.98 Å². The van der Waals surface area contributed by atoms with E-state index in [9.17, 15) is 0 Å². The lowest BCUT2D eigenvalue weighted by Gasteiger charge is -2.09. The Morgan fingerprint density at radius 3 is 2.72 bits per heavy atom. The molecular weight excluding hydrogens is 273 g/mol. The smallest absolute Gasteiger partial charge is 0.219 e. The van der Waals surface area contributed by atoms with Gasteiger partial charge < -0.3 is 9.84 Å². The number of pyridine rings is 1. The molecule has 0 bridgehead atoms. The number of rotatable bonds is 3. The average molecular weight is 284 g/mol. The molecule has 1 aromatic carbocycles. The van der Waals surface area contributed by atoms with E-state index in [0.29, 0.717) is 27.2 Å². The first kappa shape index (κ1) is 13.1. The molecule has 1 aromatic heterocycles. The Morgan fingerprint density at radius 1 is 1.22 bits per heavy atom. The Labute approximate surface area is 115 Å². The number of aromatic nitrogens is 1. The second-order valence-electron chi connectivity index (χ2n) is 3.81. The fourth-order valence-electron chi connectivity index (χ4n) is 1.44. The number of aliphatic hydroxyl groups excluding tert-OH is 1. The summed E-state index contributed by atoms with van der Waals surface area (Å²) >= 11 is 11.9. The van der Waals surface area contributed by atoms with Gasteiger partial charge in [0.1, 0.15) is 5.75 Å². The van der Waals surface area contributed by atoms with Gasteiger partial charge in [0.15, 0.2) is 0 Å². The molecule has 3 nitrogen and oxygen atoms in total. The SMILES string of the molecule is Cc1ccc(Cl)c(Oc2cc(CO)c(Cl)cn2)c1. The number of aliphatic hydroxyl groups is 1. The lowest BCUT2D eigenvalue weighted by Crippen LogP contribution is -1.93. The predicted molar refractivity (Wildman–Crippen MR) is 71.4 cm³/mol. The third-order valence-corrected chi connectivity index (χ3v) is 3.03. The molecule has 1 N–H and O–H groups in total. The number of hydrogen-bond acceptors (Lipinski definition) is 3. The lowest BCUT2D eigenvalue weighted by atomic mass is 10.2. The maximum atomic E-state index is 9.11. The van der Waals surface area contributed by atoms with Crippen molar-refractivity contribution in [3.63, 3.8) is 0 Å². The molecule has 0 unspecified atom stereocenters. The molecule has 0 radical (unpaired) electrons. The molecular formula is C13H11Cl2NO2. The second-order valence-corrected chi connectivity index (χ2v) is 4.62. The van der Waals surface area contributed by atoms with Crippen LogP contribution >= 0.6 is 23.2 Å². The van der Waals surface area contributed by atoms with E-state index in [1.807, 2.05) is 19.1 Å². The van der Waals surface area contributed by atoms with Gasteiger partial charge in [0.2, 0.25) is 5.88 Å². The Balaban J connectivity index is 2.31. The van der Waals surface area contributed by atoms with Gasteiger partial charge in [-0.1, -0.05) is 29.3 Å². The first-order chi connectivity index (χ1) is 8.60. The summed E-state index contributed by atoms with van der Waals surface area (Å²) in [5.41, 5.74) is 1.59. The minimum atomic E-state index is -0.167. The molecule has 1 heterocycles. The van der Waals surface area contributed by atoms with Crippen LogP contribution in [-0.2, 0) is 6.61 Å².